The van der Waals surface area contributed by atoms with Crippen LogP contribution in [-0.2, 0) is 0 Å². The predicted octanol–water partition coefficient (Wildman–Crippen LogP) is 2.93. The highest BCUT2D eigenvalue weighted by Crippen LogP contribution is 2.32. The number of hydrogen-bond donors (Lipinski definition) is 2. The van der Waals surface area contributed by atoms with Gasteiger partial charge in [0.05, 0.1) is 0 Å². The van der Waals surface area contributed by atoms with E-state index in [1.165, 1.54) is 0 Å². The number of benzene rings is 1. The van der Waals surface area contributed by atoms with Crippen LogP contribution in [0.2, 0.25) is 0 Å². The summed E-state index contributed by atoms with van der Waals surface area (Å²) in [4.78, 5) is 0. The van der Waals surface area contributed by atoms with Crippen LogP contribution in [0.1, 0.15) is 26.7 Å². The van der Waals surface area contributed by atoms with Crippen molar-refractivity contribution in [3.8, 4) is 11.5 Å². The molecule has 2 N–H and O–H groups in total. The fourth-order valence-electron chi connectivity index (χ4n) is 2.02. The van der Waals surface area contributed by atoms with E-state index in [0.29, 0.717) is 24.4 Å². The Bertz CT molecular complexity index is 451. The Morgan fingerprint density at radius 2 is 2.05 bits per heavy atom. The number of thiocarbonyl (C=S) groups is 1. The van der Waals surface area contributed by atoms with Crippen LogP contribution < -0.4 is 20.1 Å². The monoisotopic (exact) mass is 280 g/mol. The Balaban J connectivity index is 1.93. The maximum absolute atomic E-state index is 5.54. The van der Waals surface area contributed by atoms with Crippen molar-refractivity contribution in [1.29, 1.82) is 0 Å². The van der Waals surface area contributed by atoms with Crippen LogP contribution >= 0.6 is 12.2 Å². The zero-order valence-corrected chi connectivity index (χ0v) is 12.2. The molecule has 0 radical (unpaired) electrons. The van der Waals surface area contributed by atoms with Gasteiger partial charge in [0, 0.05) is 17.8 Å². The minimum absolute atomic E-state index is 0.377. The fraction of sp³-hybridized carbons (Fsp3) is 0.500. The Morgan fingerprint density at radius 1 is 1.32 bits per heavy atom. The summed E-state index contributed by atoms with van der Waals surface area (Å²) in [7, 11) is 0. The van der Waals surface area contributed by atoms with Crippen LogP contribution in [0.15, 0.2) is 18.2 Å². The first-order valence-electron chi connectivity index (χ1n) is 6.66. The molecule has 0 saturated carbocycles. The molecule has 1 aromatic carbocycles. The van der Waals surface area contributed by atoms with E-state index in [1.807, 2.05) is 18.2 Å². The molecule has 1 atom stereocenters. The standard InChI is InChI=1S/C14H20N2O2S/c1-3-4-10(2)15-14(19)16-11-5-6-12-13(9-11)18-8-7-17-12/h5-6,9-10H,3-4,7-8H2,1-2H3,(H2,15,16,19). The van der Waals surface area contributed by atoms with E-state index in [9.17, 15) is 0 Å². The van der Waals surface area contributed by atoms with Gasteiger partial charge in [-0.2, -0.15) is 0 Å². The molecule has 0 bridgehead atoms. The number of rotatable bonds is 4. The van der Waals surface area contributed by atoms with Crippen LogP contribution in [-0.4, -0.2) is 24.4 Å². The van der Waals surface area contributed by atoms with E-state index in [4.69, 9.17) is 21.7 Å². The lowest BCUT2D eigenvalue weighted by atomic mass is 10.2. The normalized spacial score (nSPS) is 14.6. The minimum atomic E-state index is 0.377. The third-order valence-corrected chi connectivity index (χ3v) is 3.12. The second-order valence-electron chi connectivity index (χ2n) is 4.65. The zero-order valence-electron chi connectivity index (χ0n) is 11.4. The Hall–Kier alpha value is -1.49. The lowest BCUT2D eigenvalue weighted by molar-refractivity contribution is 0.171. The first-order valence-corrected chi connectivity index (χ1v) is 7.07. The van der Waals surface area contributed by atoms with Crippen molar-refractivity contribution >= 4 is 23.0 Å². The van der Waals surface area contributed by atoms with Crippen LogP contribution in [0, 0.1) is 0 Å². The zero-order chi connectivity index (χ0) is 13.7. The van der Waals surface area contributed by atoms with Crippen molar-refractivity contribution in [2.45, 2.75) is 32.7 Å². The molecule has 1 aliphatic heterocycles. The Morgan fingerprint density at radius 3 is 2.79 bits per heavy atom. The molecule has 4 nitrogen and oxygen atoms in total. The Labute approximate surface area is 119 Å². The number of ether oxygens (including phenoxy) is 2. The number of fused-ring (bicyclic) bond motifs is 1. The average molecular weight is 280 g/mol. The van der Waals surface area contributed by atoms with Crippen molar-refractivity contribution < 1.29 is 9.47 Å². The molecule has 0 aliphatic carbocycles. The van der Waals surface area contributed by atoms with Crippen molar-refractivity contribution in [3.05, 3.63) is 18.2 Å². The third kappa shape index (κ3) is 3.99. The molecule has 0 amide bonds. The molecule has 1 aromatic rings. The van der Waals surface area contributed by atoms with Gasteiger partial charge in [-0.1, -0.05) is 13.3 Å². The summed E-state index contributed by atoms with van der Waals surface area (Å²) in [5.74, 6) is 1.55. The average Bonchev–Trinajstić information content (AvgIpc) is 2.38. The van der Waals surface area contributed by atoms with Crippen molar-refractivity contribution in [3.63, 3.8) is 0 Å². The maximum atomic E-state index is 5.54. The number of anilines is 1. The molecule has 0 aromatic heterocycles. The van der Waals surface area contributed by atoms with Gasteiger partial charge in [0.1, 0.15) is 13.2 Å². The SMILES string of the molecule is CCCC(C)NC(=S)Nc1ccc2c(c1)OCCO2. The summed E-state index contributed by atoms with van der Waals surface area (Å²) < 4.78 is 11.0. The van der Waals surface area contributed by atoms with Gasteiger partial charge in [-0.05, 0) is 37.7 Å². The van der Waals surface area contributed by atoms with E-state index in [-0.39, 0.29) is 0 Å². The highest BCUT2D eigenvalue weighted by Gasteiger charge is 2.12. The molecular formula is C14H20N2O2S. The molecule has 0 fully saturated rings. The summed E-state index contributed by atoms with van der Waals surface area (Å²) in [5.41, 5.74) is 0.908. The fourth-order valence-corrected chi connectivity index (χ4v) is 2.34. The van der Waals surface area contributed by atoms with E-state index < -0.39 is 0 Å². The van der Waals surface area contributed by atoms with Gasteiger partial charge in [0.25, 0.3) is 0 Å². The lowest BCUT2D eigenvalue weighted by Crippen LogP contribution is -2.35. The van der Waals surface area contributed by atoms with Gasteiger partial charge in [0.2, 0.25) is 0 Å². The molecule has 0 saturated heterocycles. The van der Waals surface area contributed by atoms with Crippen LogP contribution in [0.3, 0.4) is 0 Å². The second-order valence-corrected chi connectivity index (χ2v) is 5.05. The largest absolute Gasteiger partial charge is 0.486 e. The van der Waals surface area contributed by atoms with Crippen LogP contribution in [0.25, 0.3) is 0 Å². The maximum Gasteiger partial charge on any atom is 0.170 e. The smallest absolute Gasteiger partial charge is 0.170 e. The highest BCUT2D eigenvalue weighted by molar-refractivity contribution is 7.80. The molecule has 1 heterocycles. The Kier molecular flexibility index (Phi) is 4.85. The van der Waals surface area contributed by atoms with Gasteiger partial charge in [-0.25, -0.2) is 0 Å². The van der Waals surface area contributed by atoms with E-state index in [0.717, 1.165) is 30.0 Å². The second kappa shape index (κ2) is 6.61. The summed E-state index contributed by atoms with van der Waals surface area (Å²) >= 11 is 5.29. The third-order valence-electron chi connectivity index (χ3n) is 2.90. The summed E-state index contributed by atoms with van der Waals surface area (Å²) in [6.07, 6.45) is 2.24. The van der Waals surface area contributed by atoms with E-state index >= 15 is 0 Å². The minimum Gasteiger partial charge on any atom is -0.486 e. The molecule has 1 aliphatic rings. The first-order chi connectivity index (χ1) is 9.19. The molecule has 2 rings (SSSR count). The van der Waals surface area contributed by atoms with Gasteiger partial charge < -0.3 is 20.1 Å². The van der Waals surface area contributed by atoms with E-state index in [2.05, 4.69) is 24.5 Å². The number of hydrogen-bond acceptors (Lipinski definition) is 3. The molecule has 0 spiro atoms. The quantitative estimate of drug-likeness (QED) is 0.830. The van der Waals surface area contributed by atoms with Crippen molar-refractivity contribution in [2.24, 2.45) is 0 Å². The summed E-state index contributed by atoms with van der Waals surface area (Å²) in [6, 6.07) is 6.12. The van der Waals surface area contributed by atoms with Gasteiger partial charge in [-0.3, -0.25) is 0 Å². The summed E-state index contributed by atoms with van der Waals surface area (Å²) in [6.45, 7) is 5.48. The molecule has 19 heavy (non-hydrogen) atoms. The van der Waals surface area contributed by atoms with Gasteiger partial charge >= 0.3 is 0 Å². The first kappa shape index (κ1) is 13.9. The van der Waals surface area contributed by atoms with Crippen LogP contribution in [0.5, 0.6) is 11.5 Å². The predicted molar refractivity (Wildman–Crippen MR) is 81.2 cm³/mol. The molecular weight excluding hydrogens is 260 g/mol. The molecule has 5 heteroatoms. The number of nitrogens with one attached hydrogen (secondary N) is 2. The van der Waals surface area contributed by atoms with Gasteiger partial charge in [0.15, 0.2) is 16.6 Å². The van der Waals surface area contributed by atoms with Crippen molar-refractivity contribution in [2.75, 3.05) is 18.5 Å². The molecule has 1 unspecified atom stereocenters. The summed E-state index contributed by atoms with van der Waals surface area (Å²) in [5, 5.41) is 7.06. The topological polar surface area (TPSA) is 42.5 Å². The lowest BCUT2D eigenvalue weighted by Gasteiger charge is -2.20. The van der Waals surface area contributed by atoms with E-state index in [1.54, 1.807) is 0 Å². The van der Waals surface area contributed by atoms with Gasteiger partial charge in [-0.15, -0.1) is 0 Å². The molecule has 104 valence electrons. The van der Waals surface area contributed by atoms with Crippen LogP contribution in [0.4, 0.5) is 5.69 Å². The highest BCUT2D eigenvalue weighted by atomic mass is 32.1. The van der Waals surface area contributed by atoms with Crippen molar-refractivity contribution in [1.82, 2.24) is 5.32 Å².